The Hall–Kier alpha value is -1.24. The fourth-order valence-electron chi connectivity index (χ4n) is 1.82. The van der Waals surface area contributed by atoms with Crippen LogP contribution >= 0.6 is 15.9 Å². The van der Waals surface area contributed by atoms with Crippen molar-refractivity contribution in [2.45, 2.75) is 25.1 Å². The minimum atomic E-state index is -4.48. The summed E-state index contributed by atoms with van der Waals surface area (Å²) in [6, 6.07) is 2.78. The molecule has 1 aromatic carbocycles. The largest absolute Gasteiger partial charge is 0.480 e. The van der Waals surface area contributed by atoms with E-state index in [-0.39, 0.29) is 16.1 Å². The van der Waals surface area contributed by atoms with Gasteiger partial charge < -0.3 is 10.4 Å². The molecular weight excluding hydrogens is 327 g/mol. The molecule has 1 atom stereocenters. The first-order valence-electron chi connectivity index (χ1n) is 5.65. The maximum absolute atomic E-state index is 12.7. The predicted molar refractivity (Wildman–Crippen MR) is 66.9 cm³/mol. The Labute approximate surface area is 115 Å². The van der Waals surface area contributed by atoms with Gasteiger partial charge in [-0.1, -0.05) is 15.9 Å². The highest BCUT2D eigenvalue weighted by Crippen LogP contribution is 2.38. The molecule has 1 unspecified atom stereocenters. The van der Waals surface area contributed by atoms with E-state index in [1.807, 2.05) is 0 Å². The molecule has 1 fully saturated rings. The molecule has 19 heavy (non-hydrogen) atoms. The summed E-state index contributed by atoms with van der Waals surface area (Å²) in [7, 11) is 0. The summed E-state index contributed by atoms with van der Waals surface area (Å²) in [5.41, 5.74) is -0.660. The summed E-state index contributed by atoms with van der Waals surface area (Å²) < 4.78 is 38.1. The number of halogens is 4. The molecule has 0 heterocycles. The van der Waals surface area contributed by atoms with Crippen LogP contribution in [0.3, 0.4) is 0 Å². The number of rotatable bonds is 4. The minimum absolute atomic E-state index is 0.00418. The van der Waals surface area contributed by atoms with Crippen molar-refractivity contribution in [1.29, 1.82) is 0 Å². The molecule has 3 nitrogen and oxygen atoms in total. The van der Waals surface area contributed by atoms with E-state index in [4.69, 9.17) is 5.11 Å². The topological polar surface area (TPSA) is 49.3 Å². The zero-order valence-corrected chi connectivity index (χ0v) is 11.3. The molecule has 1 aliphatic rings. The molecule has 0 radical (unpaired) electrons. The second kappa shape index (κ2) is 5.03. The summed E-state index contributed by atoms with van der Waals surface area (Å²) >= 11 is 2.84. The van der Waals surface area contributed by atoms with Crippen molar-refractivity contribution >= 4 is 27.6 Å². The zero-order chi connectivity index (χ0) is 14.2. The van der Waals surface area contributed by atoms with Gasteiger partial charge in [-0.3, -0.25) is 0 Å². The number of carbonyl (C=O) groups is 1. The number of carboxylic acids is 1. The summed E-state index contributed by atoms with van der Waals surface area (Å²) in [6.07, 6.45) is -2.91. The SMILES string of the molecule is O=C(O)C(Nc1ccc(Br)c(C(F)(F)F)c1)C1CC1. The number of benzene rings is 1. The first-order chi connectivity index (χ1) is 8.79. The third-order valence-corrected chi connectivity index (χ3v) is 3.64. The smallest absolute Gasteiger partial charge is 0.417 e. The van der Waals surface area contributed by atoms with E-state index in [0.29, 0.717) is 0 Å². The van der Waals surface area contributed by atoms with E-state index < -0.39 is 23.8 Å². The Morgan fingerprint density at radius 2 is 2.05 bits per heavy atom. The second-order valence-electron chi connectivity index (χ2n) is 4.49. The minimum Gasteiger partial charge on any atom is -0.480 e. The van der Waals surface area contributed by atoms with Gasteiger partial charge in [-0.05, 0) is 37.0 Å². The predicted octanol–water partition coefficient (Wildman–Crippen LogP) is 3.74. The first-order valence-corrected chi connectivity index (χ1v) is 6.44. The van der Waals surface area contributed by atoms with Gasteiger partial charge in [-0.15, -0.1) is 0 Å². The fourth-order valence-corrected chi connectivity index (χ4v) is 2.29. The van der Waals surface area contributed by atoms with Crippen molar-refractivity contribution in [3.8, 4) is 0 Å². The second-order valence-corrected chi connectivity index (χ2v) is 5.34. The highest BCUT2D eigenvalue weighted by atomic mass is 79.9. The molecule has 1 aromatic rings. The Kier molecular flexibility index (Phi) is 3.75. The van der Waals surface area contributed by atoms with Crippen molar-refractivity contribution in [2.75, 3.05) is 5.32 Å². The van der Waals surface area contributed by atoms with Gasteiger partial charge in [0.25, 0.3) is 0 Å². The van der Waals surface area contributed by atoms with Gasteiger partial charge in [0.1, 0.15) is 6.04 Å². The average molecular weight is 338 g/mol. The van der Waals surface area contributed by atoms with Crippen molar-refractivity contribution in [3.05, 3.63) is 28.2 Å². The highest BCUT2D eigenvalue weighted by Gasteiger charge is 2.37. The summed E-state index contributed by atoms with van der Waals surface area (Å²) in [5, 5.41) is 11.7. The molecule has 104 valence electrons. The van der Waals surface area contributed by atoms with Crippen molar-refractivity contribution < 1.29 is 23.1 Å². The Balaban J connectivity index is 2.23. The molecule has 1 saturated carbocycles. The molecule has 0 amide bonds. The fraction of sp³-hybridized carbons (Fsp3) is 0.417. The normalized spacial score (nSPS) is 17.1. The van der Waals surface area contributed by atoms with Crippen LogP contribution in [0.25, 0.3) is 0 Å². The van der Waals surface area contributed by atoms with Crippen LogP contribution in [0.4, 0.5) is 18.9 Å². The Bertz CT molecular complexity index is 500. The van der Waals surface area contributed by atoms with Crippen LogP contribution < -0.4 is 5.32 Å². The quantitative estimate of drug-likeness (QED) is 0.879. The molecule has 0 aliphatic heterocycles. The van der Waals surface area contributed by atoms with Gasteiger partial charge in [0.05, 0.1) is 5.56 Å². The van der Waals surface area contributed by atoms with Crippen LogP contribution in [0, 0.1) is 5.92 Å². The van der Waals surface area contributed by atoms with Crippen LogP contribution in [0.15, 0.2) is 22.7 Å². The lowest BCUT2D eigenvalue weighted by atomic mass is 10.1. The number of hydrogen-bond acceptors (Lipinski definition) is 2. The van der Waals surface area contributed by atoms with E-state index >= 15 is 0 Å². The maximum Gasteiger partial charge on any atom is 0.417 e. The van der Waals surface area contributed by atoms with E-state index in [2.05, 4.69) is 21.2 Å². The molecule has 1 aliphatic carbocycles. The highest BCUT2D eigenvalue weighted by molar-refractivity contribution is 9.10. The maximum atomic E-state index is 12.7. The molecule has 2 rings (SSSR count). The van der Waals surface area contributed by atoms with E-state index in [1.54, 1.807) is 0 Å². The van der Waals surface area contributed by atoms with Gasteiger partial charge in [0.15, 0.2) is 0 Å². The van der Waals surface area contributed by atoms with Gasteiger partial charge in [-0.25, -0.2) is 4.79 Å². The number of carboxylic acid groups (broad SMARTS) is 1. The van der Waals surface area contributed by atoms with Crippen LogP contribution in [-0.4, -0.2) is 17.1 Å². The number of hydrogen-bond donors (Lipinski definition) is 2. The van der Waals surface area contributed by atoms with Crippen LogP contribution in [0.5, 0.6) is 0 Å². The van der Waals surface area contributed by atoms with Gasteiger partial charge in [0.2, 0.25) is 0 Å². The van der Waals surface area contributed by atoms with E-state index in [1.165, 1.54) is 12.1 Å². The van der Waals surface area contributed by atoms with Gasteiger partial charge >= 0.3 is 12.1 Å². The molecule has 0 aromatic heterocycles. The van der Waals surface area contributed by atoms with Crippen molar-refractivity contribution in [2.24, 2.45) is 5.92 Å². The molecule has 0 saturated heterocycles. The Morgan fingerprint density at radius 1 is 1.42 bits per heavy atom. The third-order valence-electron chi connectivity index (χ3n) is 2.95. The molecular formula is C12H11BrF3NO2. The molecule has 0 bridgehead atoms. The zero-order valence-electron chi connectivity index (χ0n) is 9.67. The van der Waals surface area contributed by atoms with Gasteiger partial charge in [0, 0.05) is 10.2 Å². The molecule has 0 spiro atoms. The van der Waals surface area contributed by atoms with E-state index in [9.17, 15) is 18.0 Å². The van der Waals surface area contributed by atoms with Crippen molar-refractivity contribution in [1.82, 2.24) is 0 Å². The van der Waals surface area contributed by atoms with Gasteiger partial charge in [-0.2, -0.15) is 13.2 Å². The summed E-state index contributed by atoms with van der Waals surface area (Å²) in [5.74, 6) is -1.05. The van der Waals surface area contributed by atoms with Crippen LogP contribution in [-0.2, 0) is 11.0 Å². The number of anilines is 1. The lowest BCUT2D eigenvalue weighted by Gasteiger charge is -2.17. The van der Waals surface area contributed by atoms with Crippen molar-refractivity contribution in [3.63, 3.8) is 0 Å². The Morgan fingerprint density at radius 3 is 2.53 bits per heavy atom. The lowest BCUT2D eigenvalue weighted by Crippen LogP contribution is -2.31. The monoisotopic (exact) mass is 337 g/mol. The molecule has 7 heteroatoms. The van der Waals surface area contributed by atoms with Crippen LogP contribution in [0.2, 0.25) is 0 Å². The lowest BCUT2D eigenvalue weighted by molar-refractivity contribution is -0.138. The van der Waals surface area contributed by atoms with E-state index in [0.717, 1.165) is 18.9 Å². The number of aliphatic carboxylic acids is 1. The third kappa shape index (κ3) is 3.40. The summed E-state index contributed by atoms with van der Waals surface area (Å²) in [4.78, 5) is 11.0. The average Bonchev–Trinajstić information content (AvgIpc) is 3.09. The van der Waals surface area contributed by atoms with Crippen LogP contribution in [0.1, 0.15) is 18.4 Å². The summed E-state index contributed by atoms with van der Waals surface area (Å²) in [6.45, 7) is 0. The molecule has 2 N–H and O–H groups in total. The number of alkyl halides is 3. The number of nitrogens with one attached hydrogen (secondary N) is 1. The standard InChI is InChI=1S/C12H11BrF3NO2/c13-9-4-3-7(5-8(9)12(14,15)16)17-10(11(18)19)6-1-2-6/h3-6,10,17H,1-2H2,(H,18,19). The first kappa shape index (κ1) is 14.2.